The van der Waals surface area contributed by atoms with Gasteiger partial charge < -0.3 is 15.8 Å². The van der Waals surface area contributed by atoms with E-state index in [1.54, 1.807) is 18.2 Å². The van der Waals surface area contributed by atoms with Crippen molar-refractivity contribution in [1.82, 2.24) is 4.90 Å². The monoisotopic (exact) mass is 309 g/mol. The van der Waals surface area contributed by atoms with Crippen LogP contribution in [-0.2, 0) is 9.53 Å². The normalized spacial score (nSPS) is 25.6. The second-order valence-corrected chi connectivity index (χ2v) is 6.07. The molecule has 1 aliphatic heterocycles. The Morgan fingerprint density at radius 3 is 3.19 bits per heavy atom. The van der Waals surface area contributed by atoms with Gasteiger partial charge in [0.05, 0.1) is 30.0 Å². The van der Waals surface area contributed by atoms with Crippen LogP contribution in [0.4, 0.5) is 11.4 Å². The van der Waals surface area contributed by atoms with Crippen molar-refractivity contribution in [3.05, 3.63) is 23.2 Å². The summed E-state index contributed by atoms with van der Waals surface area (Å²) >= 11 is 6.07. The zero-order valence-corrected chi connectivity index (χ0v) is 12.6. The molecule has 5 nitrogen and oxygen atoms in total. The summed E-state index contributed by atoms with van der Waals surface area (Å²) < 4.78 is 5.76. The number of amides is 1. The van der Waals surface area contributed by atoms with Gasteiger partial charge in [-0.15, -0.1) is 0 Å². The van der Waals surface area contributed by atoms with Crippen molar-refractivity contribution < 1.29 is 9.53 Å². The molecule has 1 amide bonds. The molecule has 21 heavy (non-hydrogen) atoms. The average molecular weight is 310 g/mol. The third kappa shape index (κ3) is 3.31. The predicted octanol–water partition coefficient (Wildman–Crippen LogP) is 2.11. The number of ether oxygens (including phenoxy) is 1. The van der Waals surface area contributed by atoms with Crippen molar-refractivity contribution in [2.24, 2.45) is 0 Å². The highest BCUT2D eigenvalue weighted by molar-refractivity contribution is 6.33. The van der Waals surface area contributed by atoms with Crippen LogP contribution in [0.1, 0.15) is 19.3 Å². The number of morpholine rings is 1. The summed E-state index contributed by atoms with van der Waals surface area (Å²) in [5.74, 6) is -0.0601. The molecule has 1 heterocycles. The van der Waals surface area contributed by atoms with Crippen molar-refractivity contribution in [3.8, 4) is 0 Å². The maximum Gasteiger partial charge on any atom is 0.238 e. The highest BCUT2D eigenvalue weighted by Crippen LogP contribution is 2.29. The van der Waals surface area contributed by atoms with E-state index >= 15 is 0 Å². The van der Waals surface area contributed by atoms with Crippen LogP contribution >= 0.6 is 11.6 Å². The Morgan fingerprint density at radius 2 is 2.33 bits per heavy atom. The second-order valence-electron chi connectivity index (χ2n) is 5.67. The Bertz CT molecular complexity index is 538. The van der Waals surface area contributed by atoms with Crippen LogP contribution in [-0.4, -0.2) is 42.6 Å². The number of nitrogens with zero attached hydrogens (tertiary/aromatic N) is 1. The minimum atomic E-state index is -0.0601. The fourth-order valence-electron chi connectivity index (χ4n) is 3.21. The molecule has 6 heteroatoms. The van der Waals surface area contributed by atoms with Crippen molar-refractivity contribution in [1.29, 1.82) is 0 Å². The zero-order valence-electron chi connectivity index (χ0n) is 11.8. The minimum Gasteiger partial charge on any atom is -0.399 e. The van der Waals surface area contributed by atoms with E-state index in [2.05, 4.69) is 10.2 Å². The Morgan fingerprint density at radius 1 is 1.48 bits per heavy atom. The van der Waals surface area contributed by atoms with Gasteiger partial charge in [0, 0.05) is 18.3 Å². The van der Waals surface area contributed by atoms with Gasteiger partial charge >= 0.3 is 0 Å². The lowest BCUT2D eigenvalue weighted by molar-refractivity contribution is -0.121. The van der Waals surface area contributed by atoms with Gasteiger partial charge in [0.25, 0.3) is 0 Å². The molecule has 2 aliphatic rings. The molecule has 3 rings (SSSR count). The molecular weight excluding hydrogens is 290 g/mol. The summed E-state index contributed by atoms with van der Waals surface area (Å²) in [5, 5.41) is 3.34. The maximum atomic E-state index is 12.2. The fraction of sp³-hybridized carbons (Fsp3) is 0.533. The minimum absolute atomic E-state index is 0.0601. The van der Waals surface area contributed by atoms with Gasteiger partial charge in [-0.3, -0.25) is 9.69 Å². The molecule has 1 aliphatic carbocycles. The van der Waals surface area contributed by atoms with E-state index in [4.69, 9.17) is 22.1 Å². The molecule has 0 bridgehead atoms. The number of nitrogens with two attached hydrogens (primary N) is 1. The van der Waals surface area contributed by atoms with Crippen LogP contribution in [0, 0.1) is 0 Å². The summed E-state index contributed by atoms with van der Waals surface area (Å²) in [6.45, 7) is 1.88. The van der Waals surface area contributed by atoms with Crippen molar-refractivity contribution in [2.75, 3.05) is 30.7 Å². The molecule has 0 spiro atoms. The largest absolute Gasteiger partial charge is 0.399 e. The second kappa shape index (κ2) is 6.22. The van der Waals surface area contributed by atoms with Gasteiger partial charge in [-0.05, 0) is 37.5 Å². The van der Waals surface area contributed by atoms with Gasteiger partial charge in [-0.25, -0.2) is 0 Å². The van der Waals surface area contributed by atoms with E-state index in [0.29, 0.717) is 41.7 Å². The number of rotatable bonds is 3. The van der Waals surface area contributed by atoms with Crippen molar-refractivity contribution >= 4 is 28.9 Å². The van der Waals surface area contributed by atoms with Crippen LogP contribution in [0.15, 0.2) is 18.2 Å². The molecular formula is C15H20ClN3O2. The smallest absolute Gasteiger partial charge is 0.238 e. The van der Waals surface area contributed by atoms with E-state index in [9.17, 15) is 4.79 Å². The van der Waals surface area contributed by atoms with E-state index < -0.39 is 0 Å². The zero-order chi connectivity index (χ0) is 14.8. The Kier molecular flexibility index (Phi) is 4.33. The molecule has 0 aromatic heterocycles. The lowest BCUT2D eigenvalue weighted by Gasteiger charge is -2.37. The van der Waals surface area contributed by atoms with Crippen LogP contribution in [0.3, 0.4) is 0 Å². The van der Waals surface area contributed by atoms with E-state index in [0.717, 1.165) is 19.4 Å². The molecule has 1 aromatic carbocycles. The number of anilines is 2. The molecule has 0 radical (unpaired) electrons. The van der Waals surface area contributed by atoms with Gasteiger partial charge in [0.1, 0.15) is 0 Å². The number of benzene rings is 1. The number of hydrogen-bond acceptors (Lipinski definition) is 4. The molecule has 2 unspecified atom stereocenters. The predicted molar refractivity (Wildman–Crippen MR) is 83.4 cm³/mol. The van der Waals surface area contributed by atoms with Gasteiger partial charge in [-0.1, -0.05) is 11.6 Å². The molecule has 1 saturated carbocycles. The molecule has 3 N–H and O–H groups in total. The number of fused-ring (bicyclic) bond motifs is 1. The van der Waals surface area contributed by atoms with Crippen molar-refractivity contribution in [3.63, 3.8) is 0 Å². The summed E-state index contributed by atoms with van der Waals surface area (Å²) in [7, 11) is 0. The summed E-state index contributed by atoms with van der Waals surface area (Å²) in [4.78, 5) is 14.5. The summed E-state index contributed by atoms with van der Waals surface area (Å²) in [6.07, 6.45) is 3.68. The summed E-state index contributed by atoms with van der Waals surface area (Å²) in [6, 6.07) is 5.45. The summed E-state index contributed by atoms with van der Waals surface area (Å²) in [5.41, 5.74) is 6.87. The number of nitrogens with one attached hydrogen (secondary N) is 1. The number of nitrogen functional groups attached to an aromatic ring is 1. The van der Waals surface area contributed by atoms with Gasteiger partial charge in [0.15, 0.2) is 0 Å². The van der Waals surface area contributed by atoms with Gasteiger partial charge in [0.2, 0.25) is 5.91 Å². The first-order chi connectivity index (χ1) is 10.1. The van der Waals surface area contributed by atoms with E-state index in [-0.39, 0.29) is 5.91 Å². The molecule has 114 valence electrons. The van der Waals surface area contributed by atoms with Crippen LogP contribution in [0.5, 0.6) is 0 Å². The first-order valence-corrected chi connectivity index (χ1v) is 7.72. The van der Waals surface area contributed by atoms with Crippen molar-refractivity contribution in [2.45, 2.75) is 31.4 Å². The first kappa shape index (κ1) is 14.6. The SMILES string of the molecule is Nc1ccc(Cl)c(NC(=O)CN2CCOC3CCCC32)c1. The quantitative estimate of drug-likeness (QED) is 0.839. The fourth-order valence-corrected chi connectivity index (χ4v) is 3.38. The number of carbonyl (C=O) groups excluding carboxylic acids is 1. The Labute approximate surface area is 129 Å². The molecule has 2 atom stereocenters. The molecule has 1 aromatic rings. The standard InChI is InChI=1S/C15H20ClN3O2/c16-11-5-4-10(17)8-12(11)18-15(20)9-19-6-7-21-14-3-1-2-13(14)19/h4-5,8,13-14H,1-3,6-7,9,17H2,(H,18,20). The van der Waals surface area contributed by atoms with Crippen LogP contribution in [0.25, 0.3) is 0 Å². The lowest BCUT2D eigenvalue weighted by Crippen LogP contribution is -2.51. The third-order valence-corrected chi connectivity index (χ3v) is 4.54. The van der Waals surface area contributed by atoms with Gasteiger partial charge in [-0.2, -0.15) is 0 Å². The highest BCUT2D eigenvalue weighted by atomic mass is 35.5. The Balaban J connectivity index is 1.62. The van der Waals surface area contributed by atoms with Crippen LogP contribution in [0.2, 0.25) is 5.02 Å². The first-order valence-electron chi connectivity index (χ1n) is 7.34. The van der Waals surface area contributed by atoms with E-state index in [1.165, 1.54) is 6.42 Å². The number of halogens is 1. The molecule has 2 fully saturated rings. The van der Waals surface area contributed by atoms with E-state index in [1.807, 2.05) is 0 Å². The Hall–Kier alpha value is -1.30. The lowest BCUT2D eigenvalue weighted by atomic mass is 10.1. The maximum absolute atomic E-state index is 12.2. The number of hydrogen-bond donors (Lipinski definition) is 2. The average Bonchev–Trinajstić information content (AvgIpc) is 2.92. The molecule has 1 saturated heterocycles. The van der Waals surface area contributed by atoms with Crippen LogP contribution < -0.4 is 11.1 Å². The topological polar surface area (TPSA) is 67.6 Å². The highest BCUT2D eigenvalue weighted by Gasteiger charge is 2.36. The third-order valence-electron chi connectivity index (χ3n) is 4.21. The number of carbonyl (C=O) groups is 1.